The molecule has 0 radical (unpaired) electrons. The Labute approximate surface area is 389 Å². The maximum absolute atomic E-state index is 7.33. The molecule has 1 heterocycles. The van der Waals surface area contributed by atoms with Gasteiger partial charge in [0.1, 0.15) is 31.8 Å². The van der Waals surface area contributed by atoms with Crippen LogP contribution in [0.4, 0.5) is 0 Å². The van der Waals surface area contributed by atoms with E-state index in [1.807, 2.05) is 43.4 Å². The minimum absolute atomic E-state index is 0. The summed E-state index contributed by atoms with van der Waals surface area (Å²) in [5.41, 5.74) is 9.22. The first-order chi connectivity index (χ1) is 28.6. The second-order valence-corrected chi connectivity index (χ2v) is 20.2. The Balaban J connectivity index is 0.000000157. The van der Waals surface area contributed by atoms with Crippen molar-refractivity contribution in [3.05, 3.63) is 235 Å². The van der Waals surface area contributed by atoms with Crippen molar-refractivity contribution in [3.8, 4) is 23.0 Å². The first-order valence-corrected chi connectivity index (χ1v) is 23.3. The molecule has 5 heteroatoms. The summed E-state index contributed by atoms with van der Waals surface area (Å²) in [6, 6.07) is 62.4. The number of para-hydroxylation sites is 2. The Morgan fingerprint density at radius 3 is 1.70 bits per heavy atom. The van der Waals surface area contributed by atoms with E-state index < -0.39 is 15.8 Å². The molecule has 300 valence electrons. The number of rotatable bonds is 6. The number of hydrogen-bond acceptors (Lipinski definition) is 0. The van der Waals surface area contributed by atoms with Crippen molar-refractivity contribution in [1.82, 2.24) is 4.57 Å². The average molecular weight is 1180 g/mol. The van der Waals surface area contributed by atoms with Crippen molar-refractivity contribution in [2.75, 3.05) is 5.90 Å². The number of nitrogens with zero attached hydrogens (tertiary/aromatic N) is 1. The molecular weight excluding hydrogens is 1130 g/mol. The largest absolute Gasteiger partial charge is 1.00 e. The van der Waals surface area contributed by atoms with Crippen LogP contribution in [0.3, 0.4) is 0 Å². The average Bonchev–Trinajstić information content (AvgIpc) is 3.83. The minimum atomic E-state index is -0.823. The van der Waals surface area contributed by atoms with Crippen molar-refractivity contribution in [2.45, 2.75) is 19.3 Å². The normalized spacial score (nSPS) is 12.4. The fourth-order valence-electron chi connectivity index (χ4n) is 8.29. The maximum Gasteiger partial charge on any atom is 1.00 e. The second-order valence-electron chi connectivity index (χ2n) is 14.6. The van der Waals surface area contributed by atoms with Crippen LogP contribution >= 0.6 is 15.8 Å². The first kappa shape index (κ1) is 44.8. The molecule has 0 bridgehead atoms. The zero-order valence-corrected chi connectivity index (χ0v) is 39.7. The van der Waals surface area contributed by atoms with Gasteiger partial charge < -0.3 is 17.4 Å². The van der Waals surface area contributed by atoms with Gasteiger partial charge in [-0.05, 0) is 101 Å². The van der Waals surface area contributed by atoms with Gasteiger partial charge in [0.05, 0.1) is 5.31 Å². The number of aryl methyl sites for hydroxylation is 1. The summed E-state index contributed by atoms with van der Waals surface area (Å²) in [5.74, 6) is 6.29. The molecule has 0 fully saturated rings. The Kier molecular flexibility index (Phi) is 16.2. The van der Waals surface area contributed by atoms with Crippen molar-refractivity contribution in [2.24, 2.45) is 7.05 Å². The first-order valence-electron chi connectivity index (χ1n) is 19.9. The van der Waals surface area contributed by atoms with E-state index in [1.165, 1.54) is 73.2 Å². The van der Waals surface area contributed by atoms with Crippen LogP contribution in [0.25, 0.3) is 32.9 Å². The predicted octanol–water partition coefficient (Wildman–Crippen LogP) is 12.0. The van der Waals surface area contributed by atoms with Gasteiger partial charge in [0.15, 0.2) is 5.90 Å². The smallest absolute Gasteiger partial charge is 0.366 e. The molecule has 1 aromatic heterocycles. The van der Waals surface area contributed by atoms with Crippen LogP contribution in [-0.2, 0) is 58.2 Å². The molecule has 10 rings (SSSR count). The van der Waals surface area contributed by atoms with E-state index in [2.05, 4.69) is 174 Å². The van der Waals surface area contributed by atoms with E-state index in [9.17, 15) is 0 Å². The zero-order valence-electron chi connectivity index (χ0n) is 33.4. The zero-order chi connectivity index (χ0) is 39.7. The van der Waals surface area contributed by atoms with Crippen molar-refractivity contribution < 1.29 is 44.8 Å². The quantitative estimate of drug-likeness (QED) is 0.0677. The molecule has 8 aromatic rings. The molecule has 60 heavy (non-hydrogen) atoms. The van der Waals surface area contributed by atoms with E-state index in [0.29, 0.717) is 0 Å². The monoisotopic (exact) mass is 1180 g/mol. The topological polar surface area (TPSA) is 4.93 Å². The van der Waals surface area contributed by atoms with Crippen molar-refractivity contribution in [3.63, 3.8) is 0 Å². The Bertz CT molecular complexity index is 2790. The summed E-state index contributed by atoms with van der Waals surface area (Å²) in [7, 11) is 0.414. The van der Waals surface area contributed by atoms with Gasteiger partial charge in [0, 0.05) is 18.0 Å². The van der Waals surface area contributed by atoms with Crippen LogP contribution in [0.1, 0.15) is 35.1 Å². The Morgan fingerprint density at radius 1 is 0.533 bits per heavy atom. The summed E-state index contributed by atoms with van der Waals surface area (Å²) in [4.78, 5) is 0. The van der Waals surface area contributed by atoms with Crippen molar-refractivity contribution >= 4 is 53.6 Å². The van der Waals surface area contributed by atoms with E-state index >= 15 is 0 Å². The molecule has 0 saturated carbocycles. The van der Waals surface area contributed by atoms with E-state index in [4.69, 9.17) is 12.8 Å². The standard InChI is InChI=1S/C25H24P2.C15H10N.C15H9.2Au/c1-5-13-22(14-6-1)26(23-15-7-2-8-16-23)21-27(24-17-9-3-10-18-24)25-19-11-4-12-20-25;1-3-11-7-6-9-13-12-8-4-5-10-14(12)16(2)15(11)13;1-2-11-7-5-9-14-13-8-4-3-6-12(13)10-15(11)14;;/h1-3,5-11,13-20H,4,12,21H2;4-10H,2H3;3-9H,10H2;;/q;2*-1;2*+1/p+2. The maximum atomic E-state index is 7.33. The van der Waals surface area contributed by atoms with Crippen LogP contribution in [0.2, 0.25) is 0 Å². The van der Waals surface area contributed by atoms with Crippen LogP contribution in [0, 0.1) is 24.7 Å². The van der Waals surface area contributed by atoms with Crippen LogP contribution in [0.5, 0.6) is 0 Å². The summed E-state index contributed by atoms with van der Waals surface area (Å²) < 4.78 is 2.13. The molecule has 0 N–H and O–H groups in total. The number of allylic oxidation sites excluding steroid dienone is 4. The van der Waals surface area contributed by atoms with Gasteiger partial charge in [-0.3, -0.25) is 11.8 Å². The van der Waals surface area contributed by atoms with Gasteiger partial charge in [-0.1, -0.05) is 127 Å². The van der Waals surface area contributed by atoms with Crippen molar-refractivity contribution in [1.29, 1.82) is 0 Å². The third-order valence-corrected chi connectivity index (χ3v) is 18.1. The SMILES string of the molecule is C1=CC([PH+](C[PH+](c2ccccc2)c2ccccc2)c2ccccc2)=CCC1.[Au+].[Au+].[C-]#Cc1cccc2c1Cc1ccccc1-2.[C-]#Cc1cccc2c3ccccc3n(C)c12. The van der Waals surface area contributed by atoms with Crippen LogP contribution in [-0.4, -0.2) is 10.5 Å². The number of hydrogen-bond donors (Lipinski definition) is 0. The predicted molar refractivity (Wildman–Crippen MR) is 254 cm³/mol. The molecule has 1 nitrogen and oxygen atoms in total. The molecule has 0 amide bonds. The van der Waals surface area contributed by atoms with Crippen LogP contribution < -0.4 is 15.9 Å². The number of fused-ring (bicyclic) bond motifs is 6. The van der Waals surface area contributed by atoms with Gasteiger partial charge in [0.2, 0.25) is 0 Å². The molecular formula is C55H45Au2NP2+2. The second kappa shape index (κ2) is 21.7. The molecule has 1 unspecified atom stereocenters. The van der Waals surface area contributed by atoms with Gasteiger partial charge in [-0.2, -0.15) is 0 Å². The third kappa shape index (κ3) is 9.90. The van der Waals surface area contributed by atoms with E-state index in [-0.39, 0.29) is 44.8 Å². The van der Waals surface area contributed by atoms with E-state index in [1.54, 1.807) is 5.31 Å². The molecule has 0 spiro atoms. The van der Waals surface area contributed by atoms with E-state index in [0.717, 1.165) is 23.1 Å². The summed E-state index contributed by atoms with van der Waals surface area (Å²) in [5, 5.41) is 8.59. The summed E-state index contributed by atoms with van der Waals surface area (Å²) >= 11 is 0. The molecule has 7 aromatic carbocycles. The molecule has 1 atom stereocenters. The fourth-order valence-corrected chi connectivity index (χ4v) is 16.1. The number of benzene rings is 7. The van der Waals surface area contributed by atoms with Gasteiger partial charge in [0.25, 0.3) is 0 Å². The molecule has 2 aliphatic rings. The van der Waals surface area contributed by atoms with Crippen LogP contribution in [0.15, 0.2) is 199 Å². The van der Waals surface area contributed by atoms with Gasteiger partial charge >= 0.3 is 44.8 Å². The number of aromatic nitrogens is 1. The third-order valence-electron chi connectivity index (χ3n) is 11.1. The fraction of sp³-hybridized carbons (Fsp3) is 0.0909. The minimum Gasteiger partial charge on any atom is -0.366 e. The van der Waals surface area contributed by atoms with Gasteiger partial charge in [-0.15, -0.1) is 28.8 Å². The Morgan fingerprint density at radius 2 is 1.07 bits per heavy atom. The molecule has 2 aliphatic carbocycles. The summed E-state index contributed by atoms with van der Waals surface area (Å²) in [6.45, 7) is 0. The Hall–Kier alpha value is -4.72. The molecule has 0 aliphatic heterocycles. The summed E-state index contributed by atoms with van der Waals surface area (Å²) in [6.07, 6.45) is 25.2. The molecule has 0 saturated heterocycles. The van der Waals surface area contributed by atoms with Gasteiger partial charge in [-0.25, -0.2) is 0 Å².